The standard InChI is InChI=1S/C15H16ClNO3/c1-9-4-5-14(13(16)6-9)17-8-11-7-12(10(2)20-11)15(18)19-3/h4-7,17H,8H2,1-3H3. The van der Waals surface area contributed by atoms with Crippen molar-refractivity contribution in [3.05, 3.63) is 51.9 Å². The number of methoxy groups -OCH3 is 1. The lowest BCUT2D eigenvalue weighted by Gasteiger charge is -2.07. The highest BCUT2D eigenvalue weighted by molar-refractivity contribution is 6.33. The van der Waals surface area contributed by atoms with Crippen molar-refractivity contribution in [2.24, 2.45) is 0 Å². The van der Waals surface area contributed by atoms with Crippen LogP contribution in [0.25, 0.3) is 0 Å². The van der Waals surface area contributed by atoms with Crippen molar-refractivity contribution in [3.63, 3.8) is 0 Å². The van der Waals surface area contributed by atoms with Crippen molar-refractivity contribution in [1.82, 2.24) is 0 Å². The number of anilines is 1. The van der Waals surface area contributed by atoms with E-state index in [1.807, 2.05) is 25.1 Å². The number of ether oxygens (including phenoxy) is 1. The molecule has 5 heteroatoms. The van der Waals surface area contributed by atoms with Gasteiger partial charge in [-0.05, 0) is 37.6 Å². The molecule has 2 rings (SSSR count). The van der Waals surface area contributed by atoms with E-state index in [1.165, 1.54) is 7.11 Å². The lowest BCUT2D eigenvalue weighted by molar-refractivity contribution is 0.0599. The predicted molar refractivity (Wildman–Crippen MR) is 78.3 cm³/mol. The summed E-state index contributed by atoms with van der Waals surface area (Å²) in [6.45, 7) is 4.16. The first-order chi connectivity index (χ1) is 9.51. The molecule has 20 heavy (non-hydrogen) atoms. The summed E-state index contributed by atoms with van der Waals surface area (Å²) >= 11 is 6.14. The summed E-state index contributed by atoms with van der Waals surface area (Å²) in [5, 5.41) is 3.83. The van der Waals surface area contributed by atoms with Gasteiger partial charge in [0, 0.05) is 0 Å². The van der Waals surface area contributed by atoms with Gasteiger partial charge in [-0.3, -0.25) is 0 Å². The summed E-state index contributed by atoms with van der Waals surface area (Å²) in [6, 6.07) is 7.45. The quantitative estimate of drug-likeness (QED) is 0.867. The Labute approximate surface area is 122 Å². The van der Waals surface area contributed by atoms with E-state index in [0.717, 1.165) is 11.3 Å². The van der Waals surface area contributed by atoms with Crippen LogP contribution in [-0.4, -0.2) is 13.1 Å². The summed E-state index contributed by atoms with van der Waals surface area (Å²) in [5.74, 6) is 0.800. The first-order valence-electron chi connectivity index (χ1n) is 6.19. The van der Waals surface area contributed by atoms with Crippen molar-refractivity contribution in [2.45, 2.75) is 20.4 Å². The average molecular weight is 294 g/mol. The molecule has 1 aromatic carbocycles. The average Bonchev–Trinajstić information content (AvgIpc) is 2.78. The fourth-order valence-corrected chi connectivity index (χ4v) is 2.19. The molecule has 0 unspecified atom stereocenters. The van der Waals surface area contributed by atoms with E-state index < -0.39 is 5.97 Å². The maximum Gasteiger partial charge on any atom is 0.341 e. The molecule has 0 atom stereocenters. The lowest BCUT2D eigenvalue weighted by Crippen LogP contribution is -2.01. The number of esters is 1. The van der Waals surface area contributed by atoms with E-state index in [0.29, 0.717) is 28.7 Å². The van der Waals surface area contributed by atoms with Crippen LogP contribution in [0.5, 0.6) is 0 Å². The van der Waals surface area contributed by atoms with Crippen LogP contribution < -0.4 is 5.32 Å². The van der Waals surface area contributed by atoms with Gasteiger partial charge in [-0.2, -0.15) is 0 Å². The minimum Gasteiger partial charge on any atom is -0.465 e. The highest BCUT2D eigenvalue weighted by Gasteiger charge is 2.15. The number of hydrogen-bond donors (Lipinski definition) is 1. The highest BCUT2D eigenvalue weighted by atomic mass is 35.5. The summed E-state index contributed by atoms with van der Waals surface area (Å²) < 4.78 is 10.2. The van der Waals surface area contributed by atoms with E-state index in [4.69, 9.17) is 16.0 Å². The maximum atomic E-state index is 11.5. The molecule has 0 bridgehead atoms. The van der Waals surface area contributed by atoms with Gasteiger partial charge in [-0.1, -0.05) is 17.7 Å². The van der Waals surface area contributed by atoms with Crippen LogP contribution >= 0.6 is 11.6 Å². The number of rotatable bonds is 4. The fourth-order valence-electron chi connectivity index (χ4n) is 1.89. The Morgan fingerprint density at radius 1 is 1.35 bits per heavy atom. The van der Waals surface area contributed by atoms with Gasteiger partial charge in [0.05, 0.1) is 24.4 Å². The summed E-state index contributed by atoms with van der Waals surface area (Å²) in [6.07, 6.45) is 0. The van der Waals surface area contributed by atoms with Gasteiger partial charge in [0.2, 0.25) is 0 Å². The Morgan fingerprint density at radius 3 is 2.75 bits per heavy atom. The fraction of sp³-hybridized carbons (Fsp3) is 0.267. The van der Waals surface area contributed by atoms with E-state index >= 15 is 0 Å². The molecule has 0 saturated heterocycles. The molecule has 1 N–H and O–H groups in total. The molecule has 0 radical (unpaired) electrons. The molecule has 0 fully saturated rings. The van der Waals surface area contributed by atoms with E-state index in [1.54, 1.807) is 13.0 Å². The zero-order valence-corrected chi connectivity index (χ0v) is 12.4. The maximum absolute atomic E-state index is 11.5. The van der Waals surface area contributed by atoms with Gasteiger partial charge in [-0.25, -0.2) is 4.79 Å². The largest absolute Gasteiger partial charge is 0.465 e. The van der Waals surface area contributed by atoms with Crippen LogP contribution in [0.2, 0.25) is 5.02 Å². The molecule has 0 aliphatic carbocycles. The first kappa shape index (κ1) is 14.5. The van der Waals surface area contributed by atoms with Crippen LogP contribution in [0.15, 0.2) is 28.7 Å². The van der Waals surface area contributed by atoms with Crippen molar-refractivity contribution in [2.75, 3.05) is 12.4 Å². The third-order valence-electron chi connectivity index (χ3n) is 2.95. The molecule has 106 valence electrons. The van der Waals surface area contributed by atoms with Gasteiger partial charge in [0.1, 0.15) is 17.1 Å². The van der Waals surface area contributed by atoms with Crippen molar-refractivity contribution in [1.29, 1.82) is 0 Å². The van der Waals surface area contributed by atoms with Gasteiger partial charge < -0.3 is 14.5 Å². The minimum atomic E-state index is -0.397. The Morgan fingerprint density at radius 2 is 2.10 bits per heavy atom. The lowest BCUT2D eigenvalue weighted by atomic mass is 10.2. The van der Waals surface area contributed by atoms with Crippen LogP contribution in [0.3, 0.4) is 0 Å². The SMILES string of the molecule is COC(=O)c1cc(CNc2ccc(C)cc2Cl)oc1C. The summed E-state index contributed by atoms with van der Waals surface area (Å²) in [5.41, 5.74) is 2.37. The van der Waals surface area contributed by atoms with Crippen LogP contribution in [-0.2, 0) is 11.3 Å². The zero-order chi connectivity index (χ0) is 14.7. The number of benzene rings is 1. The molecule has 2 aromatic rings. The molecule has 0 spiro atoms. The Kier molecular flexibility index (Phi) is 4.35. The van der Waals surface area contributed by atoms with Gasteiger partial charge in [0.15, 0.2) is 0 Å². The second-order valence-electron chi connectivity index (χ2n) is 4.51. The number of carbonyl (C=O) groups excluding carboxylic acids is 1. The normalized spacial score (nSPS) is 10.4. The Balaban J connectivity index is 2.09. The topological polar surface area (TPSA) is 51.5 Å². The molecule has 4 nitrogen and oxygen atoms in total. The van der Waals surface area contributed by atoms with Crippen LogP contribution in [0.4, 0.5) is 5.69 Å². The molecule has 0 aliphatic heterocycles. The molecule has 1 heterocycles. The summed E-state index contributed by atoms with van der Waals surface area (Å²) in [4.78, 5) is 11.5. The number of hydrogen-bond acceptors (Lipinski definition) is 4. The molecule has 0 amide bonds. The number of halogens is 1. The van der Waals surface area contributed by atoms with E-state index in [-0.39, 0.29) is 0 Å². The smallest absolute Gasteiger partial charge is 0.341 e. The van der Waals surface area contributed by atoms with Crippen molar-refractivity contribution in [3.8, 4) is 0 Å². The molecule has 0 aliphatic rings. The van der Waals surface area contributed by atoms with Gasteiger partial charge in [0.25, 0.3) is 0 Å². The van der Waals surface area contributed by atoms with Gasteiger partial charge >= 0.3 is 5.97 Å². The summed E-state index contributed by atoms with van der Waals surface area (Å²) in [7, 11) is 1.35. The zero-order valence-electron chi connectivity index (χ0n) is 11.6. The monoisotopic (exact) mass is 293 g/mol. The Hall–Kier alpha value is -1.94. The third kappa shape index (κ3) is 3.14. The first-order valence-corrected chi connectivity index (χ1v) is 6.56. The van der Waals surface area contributed by atoms with Crippen LogP contribution in [0.1, 0.15) is 27.4 Å². The minimum absolute atomic E-state index is 0.397. The number of furan rings is 1. The number of aryl methyl sites for hydroxylation is 2. The van der Waals surface area contributed by atoms with E-state index in [2.05, 4.69) is 10.1 Å². The second kappa shape index (κ2) is 6.01. The highest BCUT2D eigenvalue weighted by Crippen LogP contribution is 2.24. The number of carbonyl (C=O) groups is 1. The molecular formula is C15H16ClNO3. The molecular weight excluding hydrogens is 278 g/mol. The predicted octanol–water partition coefficient (Wildman–Crippen LogP) is 3.95. The number of nitrogens with one attached hydrogen (secondary N) is 1. The van der Waals surface area contributed by atoms with Crippen molar-refractivity contribution >= 4 is 23.3 Å². The van der Waals surface area contributed by atoms with E-state index in [9.17, 15) is 4.79 Å². The van der Waals surface area contributed by atoms with Gasteiger partial charge in [-0.15, -0.1) is 0 Å². The third-order valence-corrected chi connectivity index (χ3v) is 3.26. The van der Waals surface area contributed by atoms with Crippen LogP contribution in [0, 0.1) is 13.8 Å². The molecule has 1 aromatic heterocycles. The Bertz CT molecular complexity index is 634. The van der Waals surface area contributed by atoms with Crippen molar-refractivity contribution < 1.29 is 13.9 Å². The second-order valence-corrected chi connectivity index (χ2v) is 4.92. The molecule has 0 saturated carbocycles.